The van der Waals surface area contributed by atoms with Gasteiger partial charge in [-0.1, -0.05) is 11.6 Å². The Hall–Kier alpha value is -1.75. The number of nitrogens with one attached hydrogen (secondary N) is 1. The number of halogens is 1. The molecule has 5 atom stereocenters. The number of likely N-dealkylation sites (tertiary alicyclic amines) is 1. The van der Waals surface area contributed by atoms with E-state index in [4.69, 9.17) is 16.3 Å². The van der Waals surface area contributed by atoms with Crippen molar-refractivity contribution in [3.8, 4) is 5.75 Å². The highest BCUT2D eigenvalue weighted by atomic mass is 35.5. The number of ether oxygens (including phenoxy) is 1. The van der Waals surface area contributed by atoms with Gasteiger partial charge < -0.3 is 15.0 Å². The second-order valence-corrected chi connectivity index (χ2v) is 11.3. The van der Waals surface area contributed by atoms with Crippen LogP contribution in [-0.4, -0.2) is 40.4 Å². The van der Waals surface area contributed by atoms with Crippen molar-refractivity contribution in [1.29, 1.82) is 0 Å². The molecule has 4 saturated carbocycles. The van der Waals surface area contributed by atoms with E-state index >= 15 is 0 Å². The molecule has 1 heterocycles. The summed E-state index contributed by atoms with van der Waals surface area (Å²) in [5, 5.41) is 4.04. The first-order chi connectivity index (χ1) is 14.7. The van der Waals surface area contributed by atoms with Crippen LogP contribution in [-0.2, 0) is 9.59 Å². The Balaban J connectivity index is 1.30. The lowest BCUT2D eigenvalue weighted by Gasteiger charge is -2.62. The van der Waals surface area contributed by atoms with Crippen molar-refractivity contribution in [2.45, 2.75) is 82.9 Å². The predicted octanol–water partition coefficient (Wildman–Crippen LogP) is 4.49. The van der Waals surface area contributed by atoms with Crippen molar-refractivity contribution in [2.24, 2.45) is 17.8 Å². The van der Waals surface area contributed by atoms with E-state index in [1.54, 1.807) is 6.07 Å². The number of amides is 2. The lowest BCUT2D eigenvalue weighted by atomic mass is 9.50. The fourth-order valence-electron chi connectivity index (χ4n) is 7.07. The minimum Gasteiger partial charge on any atom is -0.478 e. The average Bonchev–Trinajstić information content (AvgIpc) is 3.13. The van der Waals surface area contributed by atoms with Gasteiger partial charge >= 0.3 is 0 Å². The summed E-state index contributed by atoms with van der Waals surface area (Å²) < 4.78 is 6.13. The van der Waals surface area contributed by atoms with Gasteiger partial charge in [-0.25, -0.2) is 0 Å². The molecular formula is C25H33ClN2O3. The Labute approximate surface area is 189 Å². The van der Waals surface area contributed by atoms with Crippen LogP contribution in [0.1, 0.15) is 64.4 Å². The van der Waals surface area contributed by atoms with E-state index in [2.05, 4.69) is 10.2 Å². The van der Waals surface area contributed by atoms with Gasteiger partial charge in [0.2, 0.25) is 5.91 Å². The summed E-state index contributed by atoms with van der Waals surface area (Å²) in [6, 6.07) is 5.65. The number of nitrogens with zero attached hydrogens (tertiary/aromatic N) is 1. The van der Waals surface area contributed by atoms with Crippen LogP contribution in [0.15, 0.2) is 18.2 Å². The molecule has 6 rings (SSSR count). The van der Waals surface area contributed by atoms with Crippen LogP contribution in [0.4, 0.5) is 0 Å². The van der Waals surface area contributed by atoms with Gasteiger partial charge in [0.05, 0.1) is 0 Å². The zero-order chi connectivity index (χ0) is 22.0. The molecule has 1 N–H and O–H groups in total. The van der Waals surface area contributed by atoms with Crippen molar-refractivity contribution in [3.63, 3.8) is 0 Å². The molecule has 0 spiro atoms. The van der Waals surface area contributed by atoms with E-state index < -0.39 is 5.60 Å². The smallest absolute Gasteiger partial charge is 0.263 e. The number of carbonyl (C=O) groups is 2. The molecule has 168 valence electrons. The van der Waals surface area contributed by atoms with Gasteiger partial charge in [0.25, 0.3) is 5.91 Å². The summed E-state index contributed by atoms with van der Waals surface area (Å²) in [6.45, 7) is 6.52. The normalized spacial score (nSPS) is 34.3. The van der Waals surface area contributed by atoms with Crippen LogP contribution in [0, 0.1) is 24.7 Å². The van der Waals surface area contributed by atoms with Crippen LogP contribution in [0.3, 0.4) is 0 Å². The fraction of sp³-hybridized carbons (Fsp3) is 0.680. The minimum atomic E-state index is -0.976. The zero-order valence-electron chi connectivity index (χ0n) is 18.7. The van der Waals surface area contributed by atoms with Crippen molar-refractivity contribution >= 4 is 23.4 Å². The number of benzene rings is 1. The van der Waals surface area contributed by atoms with Gasteiger partial charge in [0.1, 0.15) is 5.75 Å². The van der Waals surface area contributed by atoms with E-state index in [-0.39, 0.29) is 17.5 Å². The Morgan fingerprint density at radius 3 is 2.55 bits per heavy atom. The predicted molar refractivity (Wildman–Crippen MR) is 120 cm³/mol. The largest absolute Gasteiger partial charge is 0.478 e. The molecule has 2 amide bonds. The number of hydrogen-bond acceptors (Lipinski definition) is 3. The molecule has 1 aromatic rings. The molecule has 6 heteroatoms. The average molecular weight is 445 g/mol. The molecule has 0 aromatic heterocycles. The van der Waals surface area contributed by atoms with Crippen molar-refractivity contribution in [2.75, 3.05) is 6.54 Å². The summed E-state index contributed by atoms with van der Waals surface area (Å²) >= 11 is 6.06. The first-order valence-electron chi connectivity index (χ1n) is 11.7. The molecule has 3 unspecified atom stereocenters. The van der Waals surface area contributed by atoms with Crippen molar-refractivity contribution in [3.05, 3.63) is 28.8 Å². The fourth-order valence-corrected chi connectivity index (χ4v) is 7.30. The molecule has 4 bridgehead atoms. The highest BCUT2D eigenvalue weighted by molar-refractivity contribution is 6.30. The Bertz CT molecular complexity index is 898. The Morgan fingerprint density at radius 2 is 1.94 bits per heavy atom. The van der Waals surface area contributed by atoms with Crippen molar-refractivity contribution < 1.29 is 14.3 Å². The highest BCUT2D eigenvalue weighted by Crippen LogP contribution is 2.58. The number of aryl methyl sites for hydroxylation is 1. The van der Waals surface area contributed by atoms with Crippen LogP contribution < -0.4 is 10.1 Å². The summed E-state index contributed by atoms with van der Waals surface area (Å²) in [4.78, 5) is 28.1. The van der Waals surface area contributed by atoms with Gasteiger partial charge in [-0.3, -0.25) is 9.59 Å². The van der Waals surface area contributed by atoms with Crippen molar-refractivity contribution in [1.82, 2.24) is 10.2 Å². The van der Waals surface area contributed by atoms with E-state index in [9.17, 15) is 9.59 Å². The molecular weight excluding hydrogens is 412 g/mol. The maximum atomic E-state index is 13.3. The lowest BCUT2D eigenvalue weighted by Crippen LogP contribution is -2.67. The third kappa shape index (κ3) is 3.63. The molecule has 5 aliphatic rings. The Morgan fingerprint density at radius 1 is 1.23 bits per heavy atom. The molecule has 1 saturated heterocycles. The third-order valence-corrected chi connectivity index (χ3v) is 8.47. The summed E-state index contributed by atoms with van der Waals surface area (Å²) in [5.41, 5.74) is -0.00614. The van der Waals surface area contributed by atoms with E-state index in [0.29, 0.717) is 40.9 Å². The number of hydrogen-bond donors (Lipinski definition) is 1. The van der Waals surface area contributed by atoms with E-state index in [1.807, 2.05) is 32.9 Å². The first kappa shape index (κ1) is 21.1. The summed E-state index contributed by atoms with van der Waals surface area (Å²) in [6.07, 6.45) is 7.28. The quantitative estimate of drug-likeness (QED) is 0.727. The standard InChI is InChI=1S/C25H33ClN2O3/c1-15-9-19(26)6-7-20(15)31-24(2,3)23(30)27-22-17-10-16-11-18(22)14-25(12-16,13-17)28-8-4-5-21(28)29/h6-7,9,16-18,22H,4-5,8,10-14H2,1-3H3,(H,27,30)/t16?,17-,18+,22?,25?. The van der Waals surface area contributed by atoms with E-state index in [1.165, 1.54) is 12.8 Å². The van der Waals surface area contributed by atoms with Gasteiger partial charge in [0, 0.05) is 29.6 Å². The Kier molecular flexibility index (Phi) is 5.04. The van der Waals surface area contributed by atoms with Crippen LogP contribution in [0.5, 0.6) is 5.75 Å². The zero-order valence-corrected chi connectivity index (χ0v) is 19.5. The van der Waals surface area contributed by atoms with Gasteiger partial charge in [-0.2, -0.15) is 0 Å². The molecule has 5 nitrogen and oxygen atoms in total. The monoisotopic (exact) mass is 444 g/mol. The molecule has 0 radical (unpaired) electrons. The van der Waals surface area contributed by atoms with Gasteiger partial charge in [0.15, 0.2) is 5.60 Å². The second-order valence-electron chi connectivity index (χ2n) is 10.9. The molecule has 1 aromatic carbocycles. The van der Waals surface area contributed by atoms with Crippen LogP contribution in [0.2, 0.25) is 5.02 Å². The number of carbonyl (C=O) groups excluding carboxylic acids is 2. The maximum absolute atomic E-state index is 13.3. The number of rotatable bonds is 5. The molecule has 4 aliphatic carbocycles. The van der Waals surface area contributed by atoms with Gasteiger partial charge in [-0.15, -0.1) is 0 Å². The first-order valence-corrected chi connectivity index (χ1v) is 12.1. The molecule has 5 fully saturated rings. The summed E-state index contributed by atoms with van der Waals surface area (Å²) in [5.74, 6) is 2.57. The SMILES string of the molecule is Cc1cc(Cl)ccc1OC(C)(C)C(=O)NC1[C@@H]2CC3C[C@H]1CC(N1CCCC1=O)(C3)C2. The highest BCUT2D eigenvalue weighted by Gasteiger charge is 2.59. The van der Waals surface area contributed by atoms with E-state index in [0.717, 1.165) is 37.8 Å². The topological polar surface area (TPSA) is 58.6 Å². The third-order valence-electron chi connectivity index (χ3n) is 8.23. The van der Waals surface area contributed by atoms with Crippen LogP contribution >= 0.6 is 11.6 Å². The van der Waals surface area contributed by atoms with Crippen LogP contribution in [0.25, 0.3) is 0 Å². The molecule has 31 heavy (non-hydrogen) atoms. The second kappa shape index (κ2) is 7.40. The lowest BCUT2D eigenvalue weighted by molar-refractivity contribution is -0.152. The maximum Gasteiger partial charge on any atom is 0.263 e. The molecule has 1 aliphatic heterocycles. The van der Waals surface area contributed by atoms with Gasteiger partial charge in [-0.05, 0) is 101 Å². The minimum absolute atomic E-state index is 0.0533. The summed E-state index contributed by atoms with van der Waals surface area (Å²) in [7, 11) is 0.